The van der Waals surface area contributed by atoms with E-state index in [9.17, 15) is 29.3 Å². The smallest absolute Gasteiger partial charge is 0.328 e. The zero-order valence-electron chi connectivity index (χ0n) is 30.1. The number of hydrogen-bond acceptors (Lipinski definition) is 8. The summed E-state index contributed by atoms with van der Waals surface area (Å²) >= 11 is 0. The zero-order chi connectivity index (χ0) is 38.5. The summed E-state index contributed by atoms with van der Waals surface area (Å²) in [6.07, 6.45) is 5.02. The molecule has 11 nitrogen and oxygen atoms in total. The molecule has 0 saturated carbocycles. The third kappa shape index (κ3) is 11.0. The molecule has 2 N–H and O–H groups in total. The number of piperidine rings is 1. The van der Waals surface area contributed by atoms with Crippen molar-refractivity contribution in [2.75, 3.05) is 19.6 Å². The van der Waals surface area contributed by atoms with Gasteiger partial charge in [0.05, 0.1) is 4.92 Å². The van der Waals surface area contributed by atoms with Crippen LogP contribution in [0.2, 0.25) is 0 Å². The Hall–Kier alpha value is -6.07. The van der Waals surface area contributed by atoms with Crippen LogP contribution in [0.1, 0.15) is 82.3 Å². The van der Waals surface area contributed by atoms with Crippen molar-refractivity contribution in [3.05, 3.63) is 146 Å². The summed E-state index contributed by atoms with van der Waals surface area (Å²) in [6.45, 7) is 7.81. The molecular weight excluding hydrogens is 674 g/mol. The molecule has 4 aromatic rings. The molecule has 2 heterocycles. The first-order valence-electron chi connectivity index (χ1n) is 17.4. The predicted octanol–water partition coefficient (Wildman–Crippen LogP) is 8.14. The second-order valence-corrected chi connectivity index (χ2v) is 12.7. The van der Waals surface area contributed by atoms with E-state index in [1.807, 2.05) is 0 Å². The second-order valence-electron chi connectivity index (χ2n) is 12.7. The number of pyridine rings is 1. The number of nitro benzene ring substituents is 1. The van der Waals surface area contributed by atoms with E-state index in [0.717, 1.165) is 38.9 Å². The number of unbranched alkanes of at least 4 members (excludes halogenated alkanes) is 1. The molecule has 11 heteroatoms. The van der Waals surface area contributed by atoms with Gasteiger partial charge in [-0.05, 0) is 75.3 Å². The summed E-state index contributed by atoms with van der Waals surface area (Å²) < 4.78 is 0. The molecule has 1 aliphatic heterocycles. The molecule has 53 heavy (non-hydrogen) atoms. The molecule has 1 aliphatic rings. The summed E-state index contributed by atoms with van der Waals surface area (Å²) in [6, 6.07) is 27.4. The zero-order valence-corrected chi connectivity index (χ0v) is 30.1. The lowest BCUT2D eigenvalue weighted by Crippen LogP contribution is -2.32. The highest BCUT2D eigenvalue weighted by molar-refractivity contribution is 6.11. The number of rotatable bonds is 13. The maximum atomic E-state index is 13.7. The van der Waals surface area contributed by atoms with Crippen LogP contribution in [0.5, 0.6) is 0 Å². The van der Waals surface area contributed by atoms with E-state index in [1.54, 1.807) is 26.0 Å². The first-order valence-corrected chi connectivity index (χ1v) is 17.4. The number of nitrogens with zero attached hydrogens (tertiary/aromatic N) is 3. The van der Waals surface area contributed by atoms with Crippen molar-refractivity contribution in [2.24, 2.45) is 0 Å². The number of ketones is 2. The molecule has 0 aliphatic carbocycles. The van der Waals surface area contributed by atoms with Gasteiger partial charge in [-0.15, -0.1) is 0 Å². The van der Waals surface area contributed by atoms with Gasteiger partial charge in [-0.2, -0.15) is 0 Å². The highest BCUT2D eigenvalue weighted by Crippen LogP contribution is 2.35. The largest absolute Gasteiger partial charge is 0.478 e. The molecule has 274 valence electrons. The van der Waals surface area contributed by atoms with Gasteiger partial charge >= 0.3 is 11.9 Å². The number of nitro groups is 1. The molecule has 1 fully saturated rings. The van der Waals surface area contributed by atoms with E-state index in [1.165, 1.54) is 41.3 Å². The van der Waals surface area contributed by atoms with Crippen molar-refractivity contribution in [1.82, 2.24) is 9.88 Å². The summed E-state index contributed by atoms with van der Waals surface area (Å²) in [5.74, 6) is -2.83. The van der Waals surface area contributed by atoms with Crippen molar-refractivity contribution < 1.29 is 34.3 Å². The van der Waals surface area contributed by atoms with Gasteiger partial charge in [0, 0.05) is 71.9 Å². The normalized spacial score (nSPS) is 12.8. The molecule has 1 aromatic heterocycles. The maximum Gasteiger partial charge on any atom is 0.328 e. The van der Waals surface area contributed by atoms with Gasteiger partial charge in [0.15, 0.2) is 11.6 Å². The first kappa shape index (κ1) is 39.7. The molecule has 0 radical (unpaired) electrons. The molecule has 0 spiro atoms. The van der Waals surface area contributed by atoms with Crippen LogP contribution < -0.4 is 0 Å². The van der Waals surface area contributed by atoms with Crippen molar-refractivity contribution in [3.8, 4) is 11.1 Å². The lowest BCUT2D eigenvalue weighted by Gasteiger charge is -2.30. The van der Waals surface area contributed by atoms with Gasteiger partial charge in [-0.25, -0.2) is 9.59 Å². The Balaban J connectivity index is 0.000000703. The van der Waals surface area contributed by atoms with Crippen molar-refractivity contribution in [2.45, 2.75) is 52.9 Å². The third-order valence-electron chi connectivity index (χ3n) is 8.97. The Labute approximate surface area is 308 Å². The number of carboxylic acids is 2. The van der Waals surface area contributed by atoms with E-state index < -0.39 is 16.9 Å². The summed E-state index contributed by atoms with van der Waals surface area (Å²) in [5.41, 5.74) is 7.94. The third-order valence-corrected chi connectivity index (χ3v) is 8.97. The number of carbonyl (C=O) groups is 4. The van der Waals surface area contributed by atoms with Crippen molar-refractivity contribution in [3.63, 3.8) is 0 Å². The maximum absolute atomic E-state index is 13.7. The van der Waals surface area contributed by atoms with Gasteiger partial charge in [0.2, 0.25) is 0 Å². The summed E-state index contributed by atoms with van der Waals surface area (Å²) in [4.78, 5) is 63.6. The molecule has 0 amide bonds. The van der Waals surface area contributed by atoms with Crippen LogP contribution in [0, 0.1) is 24.0 Å². The highest BCUT2D eigenvalue weighted by Gasteiger charge is 2.26. The molecule has 5 rings (SSSR count). The highest BCUT2D eigenvalue weighted by atomic mass is 16.6. The summed E-state index contributed by atoms with van der Waals surface area (Å²) in [5, 5.41) is 27.1. The van der Waals surface area contributed by atoms with E-state index in [-0.39, 0.29) is 17.3 Å². The topological polar surface area (TPSA) is 168 Å². The van der Waals surface area contributed by atoms with Crippen LogP contribution >= 0.6 is 0 Å². The Bertz CT molecular complexity index is 1970. The van der Waals surface area contributed by atoms with Crippen LogP contribution in [0.3, 0.4) is 0 Å². The van der Waals surface area contributed by atoms with Crippen LogP contribution in [-0.4, -0.2) is 68.2 Å². The number of non-ortho nitro benzene ring substituents is 1. The molecular formula is C42H43N3O8. The molecule has 3 aromatic carbocycles. The number of carbonyl (C=O) groups excluding carboxylic acids is 2. The average molecular weight is 718 g/mol. The number of likely N-dealkylation sites (tertiary alicyclic amines) is 1. The van der Waals surface area contributed by atoms with E-state index >= 15 is 0 Å². The average Bonchev–Trinajstić information content (AvgIpc) is 3.14. The molecule has 1 saturated heterocycles. The molecule has 0 unspecified atom stereocenters. The Kier molecular flexibility index (Phi) is 14.2. The lowest BCUT2D eigenvalue weighted by molar-refractivity contribution is -0.384. The molecule has 0 atom stereocenters. The fourth-order valence-electron chi connectivity index (χ4n) is 6.66. The minimum atomic E-state index is -1.26. The van der Waals surface area contributed by atoms with E-state index in [2.05, 4.69) is 70.5 Å². The Morgan fingerprint density at radius 1 is 0.792 bits per heavy atom. The van der Waals surface area contributed by atoms with Crippen molar-refractivity contribution >= 4 is 34.8 Å². The number of aryl methyl sites for hydroxylation is 2. The quantitative estimate of drug-likeness (QED) is 0.0453. The number of carboxylic acid groups (broad SMARTS) is 2. The first-order chi connectivity index (χ1) is 25.4. The molecule has 0 bridgehead atoms. The summed E-state index contributed by atoms with van der Waals surface area (Å²) in [7, 11) is 0. The Morgan fingerprint density at radius 2 is 1.34 bits per heavy atom. The SMILES string of the molecule is CC(=O)c1c(C)nc(C)c(C(=O)CCCCN2CCC(=C(c3ccccc3)c3ccccc3)CC2)c1-c1cccc([N+](=O)[O-])c1.O=C(O)/C=C/C(=O)O. The number of aliphatic carboxylic acids is 2. The van der Waals surface area contributed by atoms with Crippen LogP contribution in [0.25, 0.3) is 16.7 Å². The minimum absolute atomic E-state index is 0.0910. The van der Waals surface area contributed by atoms with Gasteiger partial charge in [0.1, 0.15) is 0 Å². The van der Waals surface area contributed by atoms with Crippen LogP contribution in [-0.2, 0) is 9.59 Å². The number of benzene rings is 3. The van der Waals surface area contributed by atoms with E-state index in [0.29, 0.717) is 58.6 Å². The van der Waals surface area contributed by atoms with Gasteiger partial charge in [-0.1, -0.05) is 78.4 Å². The van der Waals surface area contributed by atoms with Gasteiger partial charge < -0.3 is 15.1 Å². The Morgan fingerprint density at radius 3 is 1.85 bits per heavy atom. The van der Waals surface area contributed by atoms with Crippen molar-refractivity contribution in [1.29, 1.82) is 0 Å². The minimum Gasteiger partial charge on any atom is -0.478 e. The van der Waals surface area contributed by atoms with Crippen LogP contribution in [0.4, 0.5) is 5.69 Å². The number of hydrogen-bond donors (Lipinski definition) is 2. The fraction of sp³-hybridized carbons (Fsp3) is 0.262. The second kappa shape index (κ2) is 19.0. The number of aromatic nitrogens is 1. The standard InChI is InChI=1S/C38H39N3O4.C4H4O4/c1-26-35(28(3)42)38(32-17-12-18-33(25-32)41(44)45)36(27(2)39-26)34(43)19-10-11-22-40-23-20-31(21-24-40)37(29-13-6-4-7-14-29)30-15-8-5-9-16-30;5-3(6)1-2-4(7)8/h4-9,12-18,25H,10-11,19-24H2,1-3H3;1-2H,(H,5,6)(H,7,8)/b;2-1+. The fourth-order valence-corrected chi connectivity index (χ4v) is 6.66. The van der Waals surface area contributed by atoms with Gasteiger partial charge in [0.25, 0.3) is 5.69 Å². The van der Waals surface area contributed by atoms with Gasteiger partial charge in [-0.3, -0.25) is 24.7 Å². The lowest BCUT2D eigenvalue weighted by atomic mass is 9.87. The monoisotopic (exact) mass is 717 g/mol. The van der Waals surface area contributed by atoms with E-state index in [4.69, 9.17) is 10.2 Å². The van der Waals surface area contributed by atoms with Crippen LogP contribution in [0.15, 0.2) is 103 Å². The predicted molar refractivity (Wildman–Crippen MR) is 203 cm³/mol. The number of Topliss-reactive ketones (excluding diaryl/α,β-unsaturated/α-hetero) is 2.